The summed E-state index contributed by atoms with van der Waals surface area (Å²) in [4.78, 5) is 17.5. The smallest absolute Gasteiger partial charge is 0.255 e. The molecule has 2 aliphatic heterocycles. The zero-order valence-electron chi connectivity index (χ0n) is 17.9. The molecule has 3 aromatic carbocycles. The first-order valence-corrected chi connectivity index (χ1v) is 11.3. The molecule has 0 spiro atoms. The van der Waals surface area contributed by atoms with Crippen LogP contribution < -0.4 is 10.2 Å². The van der Waals surface area contributed by atoms with E-state index in [4.69, 9.17) is 0 Å². The highest BCUT2D eigenvalue weighted by Crippen LogP contribution is 2.23. The van der Waals surface area contributed by atoms with Gasteiger partial charge < -0.3 is 10.2 Å². The van der Waals surface area contributed by atoms with Gasteiger partial charge in [-0.1, -0.05) is 36.4 Å². The van der Waals surface area contributed by atoms with Crippen molar-refractivity contribution in [3.63, 3.8) is 0 Å². The Kier molecular flexibility index (Phi) is 5.72. The Labute approximate surface area is 184 Å². The molecule has 0 unspecified atom stereocenters. The largest absolute Gasteiger partial charge is 0.372 e. The Morgan fingerprint density at radius 2 is 1.52 bits per heavy atom. The zero-order chi connectivity index (χ0) is 21.0. The molecule has 0 aromatic heterocycles. The number of hydrogen-bond donors (Lipinski definition) is 1. The van der Waals surface area contributed by atoms with Crippen LogP contribution in [0.25, 0.3) is 0 Å². The fraction of sp³-hybridized carbons (Fsp3) is 0.296. The first kappa shape index (κ1) is 19.8. The summed E-state index contributed by atoms with van der Waals surface area (Å²) in [6.07, 6.45) is 3.63. The Morgan fingerprint density at radius 1 is 0.806 bits per heavy atom. The highest BCUT2D eigenvalue weighted by molar-refractivity contribution is 6.04. The van der Waals surface area contributed by atoms with Crippen LogP contribution in [0.3, 0.4) is 0 Å². The van der Waals surface area contributed by atoms with E-state index in [2.05, 4.69) is 63.6 Å². The molecule has 4 nitrogen and oxygen atoms in total. The van der Waals surface area contributed by atoms with Gasteiger partial charge in [-0.3, -0.25) is 9.69 Å². The van der Waals surface area contributed by atoms with Crippen molar-refractivity contribution in [3.05, 3.63) is 95.1 Å². The van der Waals surface area contributed by atoms with E-state index < -0.39 is 0 Å². The molecule has 1 N–H and O–H groups in total. The third kappa shape index (κ3) is 4.64. The Hall–Kier alpha value is -3.11. The number of nitrogens with one attached hydrogen (secondary N) is 1. The molecule has 1 saturated heterocycles. The predicted octanol–water partition coefficient (Wildman–Crippen LogP) is 5.10. The number of anilines is 2. The van der Waals surface area contributed by atoms with E-state index in [0.29, 0.717) is 5.56 Å². The number of carbonyl (C=O) groups is 1. The molecule has 0 saturated carbocycles. The first-order valence-electron chi connectivity index (χ1n) is 11.3. The minimum absolute atomic E-state index is 0.0626. The van der Waals surface area contributed by atoms with Crippen molar-refractivity contribution in [2.24, 2.45) is 0 Å². The maximum atomic E-state index is 12.7. The lowest BCUT2D eigenvalue weighted by Gasteiger charge is -2.28. The van der Waals surface area contributed by atoms with Crippen molar-refractivity contribution in [1.29, 1.82) is 0 Å². The van der Waals surface area contributed by atoms with E-state index in [-0.39, 0.29) is 5.91 Å². The van der Waals surface area contributed by atoms with Crippen molar-refractivity contribution in [3.8, 4) is 0 Å². The van der Waals surface area contributed by atoms with Crippen molar-refractivity contribution >= 4 is 17.3 Å². The maximum Gasteiger partial charge on any atom is 0.255 e. The maximum absolute atomic E-state index is 12.7. The summed E-state index contributed by atoms with van der Waals surface area (Å²) < 4.78 is 0. The molecular weight excluding hydrogens is 382 g/mol. The van der Waals surface area contributed by atoms with Crippen LogP contribution in [0, 0.1) is 0 Å². The average Bonchev–Trinajstić information content (AvgIpc) is 3.35. The standard InChI is InChI=1S/C27H29N3O/c31-27(28-25-11-13-26(14-12-25)30-16-3-4-17-30)23-9-7-21(8-10-23)19-29-18-15-22-5-1-2-6-24(22)20-29/h1-2,5-14H,3-4,15-20H2,(H,28,31). The van der Waals surface area contributed by atoms with Crippen molar-refractivity contribution in [2.45, 2.75) is 32.4 Å². The van der Waals surface area contributed by atoms with Crippen LogP contribution in [0.4, 0.5) is 11.4 Å². The summed E-state index contributed by atoms with van der Waals surface area (Å²) in [6, 6.07) is 24.9. The molecule has 4 heteroatoms. The van der Waals surface area contributed by atoms with Gasteiger partial charge in [-0.25, -0.2) is 0 Å². The van der Waals surface area contributed by atoms with Gasteiger partial charge in [-0.15, -0.1) is 0 Å². The zero-order valence-corrected chi connectivity index (χ0v) is 17.9. The minimum Gasteiger partial charge on any atom is -0.372 e. The Balaban J connectivity index is 1.17. The molecule has 0 aliphatic carbocycles. The van der Waals surface area contributed by atoms with Crippen LogP contribution in [0.5, 0.6) is 0 Å². The topological polar surface area (TPSA) is 35.6 Å². The van der Waals surface area contributed by atoms with Crippen molar-refractivity contribution in [2.75, 3.05) is 29.9 Å². The van der Waals surface area contributed by atoms with Crippen LogP contribution in [0.15, 0.2) is 72.8 Å². The van der Waals surface area contributed by atoms with Crippen LogP contribution in [0.1, 0.15) is 39.9 Å². The highest BCUT2D eigenvalue weighted by Gasteiger charge is 2.16. The van der Waals surface area contributed by atoms with Crippen molar-refractivity contribution < 1.29 is 4.79 Å². The van der Waals surface area contributed by atoms with Gasteiger partial charge in [0.25, 0.3) is 5.91 Å². The Morgan fingerprint density at radius 3 is 2.26 bits per heavy atom. The van der Waals surface area contributed by atoms with E-state index in [0.717, 1.165) is 44.8 Å². The van der Waals surface area contributed by atoms with Crippen LogP contribution in [-0.2, 0) is 19.5 Å². The first-order chi connectivity index (χ1) is 15.2. The van der Waals surface area contributed by atoms with E-state index in [9.17, 15) is 4.79 Å². The normalized spacial score (nSPS) is 16.2. The van der Waals surface area contributed by atoms with Gasteiger partial charge in [0.1, 0.15) is 0 Å². The van der Waals surface area contributed by atoms with Gasteiger partial charge in [0.15, 0.2) is 0 Å². The van der Waals surface area contributed by atoms with Crippen LogP contribution in [-0.4, -0.2) is 30.4 Å². The summed E-state index contributed by atoms with van der Waals surface area (Å²) >= 11 is 0. The number of benzene rings is 3. The van der Waals surface area contributed by atoms with Gasteiger partial charge >= 0.3 is 0 Å². The van der Waals surface area contributed by atoms with Crippen molar-refractivity contribution in [1.82, 2.24) is 4.90 Å². The molecule has 5 rings (SSSR count). The molecule has 0 bridgehead atoms. The number of amides is 1. The Bertz CT molecular complexity index is 1040. The molecule has 1 amide bonds. The average molecular weight is 412 g/mol. The fourth-order valence-electron chi connectivity index (χ4n) is 4.64. The molecule has 3 aromatic rings. The predicted molar refractivity (Wildman–Crippen MR) is 127 cm³/mol. The minimum atomic E-state index is -0.0626. The summed E-state index contributed by atoms with van der Waals surface area (Å²) in [6.45, 7) is 5.23. The summed E-state index contributed by atoms with van der Waals surface area (Å²) in [5, 5.41) is 3.02. The second-order valence-corrected chi connectivity index (χ2v) is 8.62. The number of carbonyl (C=O) groups excluding carboxylic acids is 1. The lowest BCUT2D eigenvalue weighted by atomic mass is 9.99. The number of fused-ring (bicyclic) bond motifs is 1. The highest BCUT2D eigenvalue weighted by atomic mass is 16.1. The molecule has 158 valence electrons. The second-order valence-electron chi connectivity index (χ2n) is 8.62. The summed E-state index contributed by atoms with van der Waals surface area (Å²) in [5.41, 5.74) is 6.91. The van der Waals surface area contributed by atoms with Gasteiger partial charge in [0.05, 0.1) is 0 Å². The van der Waals surface area contributed by atoms with E-state index in [1.54, 1.807) is 0 Å². The third-order valence-electron chi connectivity index (χ3n) is 6.43. The molecule has 0 atom stereocenters. The van der Waals surface area contributed by atoms with E-state index in [1.807, 2.05) is 24.3 Å². The molecule has 2 aliphatic rings. The van der Waals surface area contributed by atoms with Crippen LogP contribution in [0.2, 0.25) is 0 Å². The molecular formula is C27H29N3O. The van der Waals surface area contributed by atoms with Gasteiger partial charge in [-0.05, 0) is 72.4 Å². The summed E-state index contributed by atoms with van der Waals surface area (Å²) in [7, 11) is 0. The number of rotatable bonds is 5. The fourth-order valence-corrected chi connectivity index (χ4v) is 4.64. The molecule has 1 fully saturated rings. The molecule has 31 heavy (non-hydrogen) atoms. The van der Waals surface area contributed by atoms with Gasteiger partial charge in [-0.2, -0.15) is 0 Å². The molecule has 2 heterocycles. The number of hydrogen-bond acceptors (Lipinski definition) is 3. The SMILES string of the molecule is O=C(Nc1ccc(N2CCCC2)cc1)c1ccc(CN2CCc3ccccc3C2)cc1. The van der Waals surface area contributed by atoms with Crippen LogP contribution >= 0.6 is 0 Å². The monoisotopic (exact) mass is 411 g/mol. The lowest BCUT2D eigenvalue weighted by Crippen LogP contribution is -2.29. The van der Waals surface area contributed by atoms with E-state index >= 15 is 0 Å². The van der Waals surface area contributed by atoms with E-state index in [1.165, 1.54) is 35.2 Å². The van der Waals surface area contributed by atoms with Gasteiger partial charge in [0, 0.05) is 49.7 Å². The third-order valence-corrected chi connectivity index (χ3v) is 6.43. The summed E-state index contributed by atoms with van der Waals surface area (Å²) in [5.74, 6) is -0.0626. The number of nitrogens with zero attached hydrogens (tertiary/aromatic N) is 2. The molecule has 0 radical (unpaired) electrons. The second kappa shape index (κ2) is 8.94. The lowest BCUT2D eigenvalue weighted by molar-refractivity contribution is 0.102. The van der Waals surface area contributed by atoms with Gasteiger partial charge in [0.2, 0.25) is 0 Å². The quantitative estimate of drug-likeness (QED) is 0.635.